The van der Waals surface area contributed by atoms with Crippen LogP contribution >= 0.6 is 0 Å². The zero-order chi connectivity index (χ0) is 17.9. The number of H-pyrrole nitrogens is 1. The number of hydrogen-bond acceptors (Lipinski definition) is 6. The average Bonchev–Trinajstić information content (AvgIpc) is 3.18. The number of aromatic nitrogens is 5. The van der Waals surface area contributed by atoms with Crippen LogP contribution < -0.4 is 0 Å². The van der Waals surface area contributed by atoms with E-state index in [0.29, 0.717) is 36.9 Å². The second-order valence-electron chi connectivity index (χ2n) is 6.08. The number of carbonyl (C=O) groups excluding carboxylic acids is 1. The van der Waals surface area contributed by atoms with Gasteiger partial charge < -0.3 is 9.64 Å². The highest BCUT2D eigenvalue weighted by molar-refractivity contribution is 5.93. The van der Waals surface area contributed by atoms with Crippen molar-refractivity contribution < 1.29 is 9.53 Å². The maximum Gasteiger partial charge on any atom is 0.272 e. The van der Waals surface area contributed by atoms with E-state index < -0.39 is 0 Å². The molecule has 4 rings (SSSR count). The first-order valence-corrected chi connectivity index (χ1v) is 8.37. The summed E-state index contributed by atoms with van der Waals surface area (Å²) in [7, 11) is 0. The number of aromatic amines is 1. The fraction of sp³-hybridized carbons (Fsp3) is 0.278. The van der Waals surface area contributed by atoms with Crippen LogP contribution in [0, 0.1) is 6.92 Å². The van der Waals surface area contributed by atoms with Crippen LogP contribution in [0.5, 0.6) is 0 Å². The van der Waals surface area contributed by atoms with Crippen molar-refractivity contribution >= 4 is 5.91 Å². The molecule has 1 aliphatic heterocycles. The summed E-state index contributed by atoms with van der Waals surface area (Å²) in [5, 5.41) is 7.05. The number of hydrogen-bond donors (Lipinski definition) is 1. The minimum atomic E-state index is -0.326. The van der Waals surface area contributed by atoms with Crippen molar-refractivity contribution in [2.45, 2.75) is 13.0 Å². The average molecular weight is 350 g/mol. The van der Waals surface area contributed by atoms with Gasteiger partial charge in [-0.05, 0) is 31.2 Å². The second kappa shape index (κ2) is 7.01. The highest BCUT2D eigenvalue weighted by Gasteiger charge is 2.28. The predicted molar refractivity (Wildman–Crippen MR) is 93.2 cm³/mol. The Labute approximate surface area is 150 Å². The number of morpholine rings is 1. The molecule has 1 atom stereocenters. The number of ether oxygens (including phenoxy) is 1. The van der Waals surface area contributed by atoms with E-state index in [1.807, 2.05) is 25.1 Å². The van der Waals surface area contributed by atoms with Gasteiger partial charge in [0, 0.05) is 36.4 Å². The van der Waals surface area contributed by atoms with E-state index in [9.17, 15) is 4.79 Å². The summed E-state index contributed by atoms with van der Waals surface area (Å²) < 4.78 is 5.76. The van der Waals surface area contributed by atoms with Crippen LogP contribution in [0.15, 0.2) is 42.9 Å². The van der Waals surface area contributed by atoms with Gasteiger partial charge in [0.1, 0.15) is 11.8 Å². The second-order valence-corrected chi connectivity index (χ2v) is 6.08. The van der Waals surface area contributed by atoms with Crippen LogP contribution in [0.3, 0.4) is 0 Å². The van der Waals surface area contributed by atoms with Crippen molar-refractivity contribution in [2.24, 2.45) is 0 Å². The van der Waals surface area contributed by atoms with E-state index >= 15 is 0 Å². The highest BCUT2D eigenvalue weighted by Crippen LogP contribution is 2.22. The molecule has 1 amide bonds. The maximum absolute atomic E-state index is 12.8. The predicted octanol–water partition coefficient (Wildman–Crippen LogP) is 1.78. The summed E-state index contributed by atoms with van der Waals surface area (Å²) in [5.74, 6) is 0.483. The van der Waals surface area contributed by atoms with Crippen molar-refractivity contribution in [1.29, 1.82) is 0 Å². The lowest BCUT2D eigenvalue weighted by Gasteiger charge is -2.31. The SMILES string of the molecule is Cc1ccnc(C2CN(C(=O)c3cc(-c4cccnc4)n[nH]3)CCO2)n1. The third kappa shape index (κ3) is 3.31. The summed E-state index contributed by atoms with van der Waals surface area (Å²) in [6, 6.07) is 7.31. The van der Waals surface area contributed by atoms with Gasteiger partial charge in [-0.25, -0.2) is 9.97 Å². The Morgan fingerprint density at radius 3 is 3.08 bits per heavy atom. The van der Waals surface area contributed by atoms with Gasteiger partial charge in [0.2, 0.25) is 0 Å². The number of nitrogens with zero attached hydrogens (tertiary/aromatic N) is 5. The molecule has 0 bridgehead atoms. The molecule has 1 saturated heterocycles. The van der Waals surface area contributed by atoms with E-state index in [1.165, 1.54) is 0 Å². The molecule has 0 radical (unpaired) electrons. The molecule has 3 aromatic heterocycles. The molecule has 1 unspecified atom stereocenters. The number of aryl methyl sites for hydroxylation is 1. The lowest BCUT2D eigenvalue weighted by Crippen LogP contribution is -2.42. The Morgan fingerprint density at radius 2 is 2.27 bits per heavy atom. The highest BCUT2D eigenvalue weighted by atomic mass is 16.5. The van der Waals surface area contributed by atoms with Gasteiger partial charge in [0.25, 0.3) is 5.91 Å². The van der Waals surface area contributed by atoms with Crippen molar-refractivity contribution in [2.75, 3.05) is 19.7 Å². The van der Waals surface area contributed by atoms with Gasteiger partial charge in [-0.3, -0.25) is 14.9 Å². The molecule has 0 aromatic carbocycles. The molecule has 1 N–H and O–H groups in total. The topological polar surface area (TPSA) is 96.9 Å². The number of amides is 1. The van der Waals surface area contributed by atoms with Crippen LogP contribution in [0.2, 0.25) is 0 Å². The summed E-state index contributed by atoms with van der Waals surface area (Å²) in [6.07, 6.45) is 4.79. The molecule has 3 aromatic rings. The molecule has 0 aliphatic carbocycles. The van der Waals surface area contributed by atoms with Crippen molar-refractivity contribution in [1.82, 2.24) is 30.0 Å². The summed E-state index contributed by atoms with van der Waals surface area (Å²) in [4.78, 5) is 27.3. The van der Waals surface area contributed by atoms with Gasteiger partial charge in [0.05, 0.1) is 18.8 Å². The lowest BCUT2D eigenvalue weighted by molar-refractivity contribution is -0.0270. The lowest BCUT2D eigenvalue weighted by atomic mass is 10.2. The number of nitrogens with one attached hydrogen (secondary N) is 1. The molecule has 132 valence electrons. The minimum Gasteiger partial charge on any atom is -0.367 e. The Morgan fingerprint density at radius 1 is 1.35 bits per heavy atom. The summed E-state index contributed by atoms with van der Waals surface area (Å²) >= 11 is 0. The Bertz CT molecular complexity index is 911. The standard InChI is InChI=1S/C18H18N6O2/c1-12-4-6-20-17(21-12)16-11-24(7-8-26-16)18(25)15-9-14(22-23-15)13-3-2-5-19-10-13/h2-6,9-10,16H,7-8,11H2,1H3,(H,22,23). The third-order valence-electron chi connectivity index (χ3n) is 4.22. The number of carbonyl (C=O) groups is 1. The largest absolute Gasteiger partial charge is 0.367 e. The molecule has 8 heteroatoms. The Hall–Kier alpha value is -3.13. The van der Waals surface area contributed by atoms with Crippen LogP contribution in [0.4, 0.5) is 0 Å². The Kier molecular flexibility index (Phi) is 4.40. The summed E-state index contributed by atoms with van der Waals surface area (Å²) in [5.41, 5.74) is 2.86. The van der Waals surface area contributed by atoms with Gasteiger partial charge in [-0.1, -0.05) is 0 Å². The van der Waals surface area contributed by atoms with E-state index in [1.54, 1.807) is 29.6 Å². The molecule has 8 nitrogen and oxygen atoms in total. The zero-order valence-corrected chi connectivity index (χ0v) is 14.3. The van der Waals surface area contributed by atoms with Gasteiger partial charge in [-0.15, -0.1) is 0 Å². The van der Waals surface area contributed by atoms with Crippen molar-refractivity contribution in [3.63, 3.8) is 0 Å². The van der Waals surface area contributed by atoms with Gasteiger partial charge in [0.15, 0.2) is 5.82 Å². The van der Waals surface area contributed by atoms with Crippen LogP contribution in [0.25, 0.3) is 11.3 Å². The number of rotatable bonds is 3. The fourth-order valence-corrected chi connectivity index (χ4v) is 2.88. The monoisotopic (exact) mass is 350 g/mol. The van der Waals surface area contributed by atoms with Crippen LogP contribution in [-0.4, -0.2) is 55.7 Å². The van der Waals surface area contributed by atoms with E-state index in [0.717, 1.165) is 11.3 Å². The van der Waals surface area contributed by atoms with Gasteiger partial charge >= 0.3 is 0 Å². The summed E-state index contributed by atoms with van der Waals surface area (Å²) in [6.45, 7) is 3.27. The smallest absolute Gasteiger partial charge is 0.272 e. The van der Waals surface area contributed by atoms with E-state index in [-0.39, 0.29) is 12.0 Å². The van der Waals surface area contributed by atoms with E-state index in [2.05, 4.69) is 25.1 Å². The third-order valence-corrected chi connectivity index (χ3v) is 4.22. The molecular formula is C18H18N6O2. The first kappa shape index (κ1) is 16.3. The fourth-order valence-electron chi connectivity index (χ4n) is 2.88. The van der Waals surface area contributed by atoms with Crippen LogP contribution in [-0.2, 0) is 4.74 Å². The zero-order valence-electron chi connectivity index (χ0n) is 14.3. The quantitative estimate of drug-likeness (QED) is 0.773. The first-order chi connectivity index (χ1) is 12.7. The Balaban J connectivity index is 1.50. The van der Waals surface area contributed by atoms with Crippen LogP contribution in [0.1, 0.15) is 28.1 Å². The molecule has 0 spiro atoms. The maximum atomic E-state index is 12.8. The molecule has 1 aliphatic rings. The minimum absolute atomic E-state index is 0.117. The van der Waals surface area contributed by atoms with Gasteiger partial charge in [-0.2, -0.15) is 5.10 Å². The van der Waals surface area contributed by atoms with E-state index in [4.69, 9.17) is 4.74 Å². The van der Waals surface area contributed by atoms with Crippen molar-refractivity contribution in [3.8, 4) is 11.3 Å². The molecule has 26 heavy (non-hydrogen) atoms. The molecule has 1 fully saturated rings. The normalized spacial score (nSPS) is 17.3. The molecule has 0 saturated carbocycles. The number of pyridine rings is 1. The van der Waals surface area contributed by atoms with Crippen molar-refractivity contribution in [3.05, 3.63) is 60.1 Å². The molecule has 4 heterocycles. The molecular weight excluding hydrogens is 332 g/mol. The first-order valence-electron chi connectivity index (χ1n) is 8.37.